The van der Waals surface area contributed by atoms with Crippen LogP contribution in [0.5, 0.6) is 0 Å². The summed E-state index contributed by atoms with van der Waals surface area (Å²) in [4.78, 5) is 6.20. The fourth-order valence-electron chi connectivity index (χ4n) is 3.45. The first kappa shape index (κ1) is 17.4. The average Bonchev–Trinajstić information content (AvgIpc) is 3.22. The van der Waals surface area contributed by atoms with Gasteiger partial charge in [-0.3, -0.25) is 4.90 Å². The quantitative estimate of drug-likeness (QED) is 0.691. The summed E-state index contributed by atoms with van der Waals surface area (Å²) in [5, 5.41) is 23.3. The van der Waals surface area contributed by atoms with Crippen molar-refractivity contribution in [3.05, 3.63) is 82.8 Å². The maximum atomic E-state index is 13.2. The summed E-state index contributed by atoms with van der Waals surface area (Å²) in [6, 6.07) is 18.1. The van der Waals surface area contributed by atoms with Gasteiger partial charge in [0.25, 0.3) is 0 Å². The van der Waals surface area contributed by atoms with Gasteiger partial charge in [-0.25, -0.2) is 9.07 Å². The van der Waals surface area contributed by atoms with Crippen LogP contribution in [-0.4, -0.2) is 14.8 Å². The first-order valence-corrected chi connectivity index (χ1v) is 8.63. The lowest BCUT2D eigenvalue weighted by molar-refractivity contribution is 0.485. The lowest BCUT2D eigenvalue weighted by Gasteiger charge is -2.34. The van der Waals surface area contributed by atoms with Gasteiger partial charge in [-0.1, -0.05) is 24.3 Å². The van der Waals surface area contributed by atoms with Crippen molar-refractivity contribution in [3.63, 3.8) is 0 Å². The molecule has 0 unspecified atom stereocenters. The Hall–Kier alpha value is -3.97. The van der Waals surface area contributed by atoms with Crippen LogP contribution in [0.1, 0.15) is 29.7 Å². The molecule has 0 saturated heterocycles. The monoisotopic (exact) mass is 370 g/mol. The van der Waals surface area contributed by atoms with E-state index in [9.17, 15) is 9.65 Å². The van der Waals surface area contributed by atoms with E-state index in [4.69, 9.17) is 5.26 Å². The smallest absolute Gasteiger partial charge is 0.233 e. The summed E-state index contributed by atoms with van der Waals surface area (Å²) in [7, 11) is 0. The summed E-state index contributed by atoms with van der Waals surface area (Å²) in [5.74, 6) is 0.543. The summed E-state index contributed by atoms with van der Waals surface area (Å²) in [5.41, 5.74) is 3.85. The van der Waals surface area contributed by atoms with E-state index in [2.05, 4.69) is 22.2 Å². The van der Waals surface area contributed by atoms with E-state index < -0.39 is 12.7 Å². The average molecular weight is 370 g/mol. The van der Waals surface area contributed by atoms with Gasteiger partial charge in [0.1, 0.15) is 19.0 Å². The Labute approximate surface area is 161 Å². The number of fused-ring (bicyclic) bond motifs is 1. The number of benzene rings is 2. The van der Waals surface area contributed by atoms with Crippen LogP contribution >= 0.6 is 0 Å². The minimum absolute atomic E-state index is 0.448. The van der Waals surface area contributed by atoms with Gasteiger partial charge < -0.3 is 0 Å². The number of nitriles is 2. The molecule has 0 saturated carbocycles. The van der Waals surface area contributed by atoms with Crippen LogP contribution in [0.2, 0.25) is 0 Å². The van der Waals surface area contributed by atoms with Gasteiger partial charge in [0.05, 0.1) is 23.3 Å². The second-order valence-electron chi connectivity index (χ2n) is 6.39. The van der Waals surface area contributed by atoms with Crippen LogP contribution in [0.15, 0.2) is 66.1 Å². The number of anilines is 2. The van der Waals surface area contributed by atoms with Gasteiger partial charge in [0.15, 0.2) is 0 Å². The fraction of sp³-hybridized carbons (Fsp3) is 0.143. The predicted molar refractivity (Wildman–Crippen MR) is 101 cm³/mol. The normalized spacial score (nSPS) is 15.7. The molecule has 0 amide bonds. The van der Waals surface area contributed by atoms with Crippen molar-refractivity contribution in [3.8, 4) is 12.1 Å². The minimum Gasteiger partial charge on any atom is -0.282 e. The zero-order valence-electron chi connectivity index (χ0n) is 15.0. The Bertz CT molecular complexity index is 1150. The first-order valence-electron chi connectivity index (χ1n) is 8.63. The molecule has 136 valence electrons. The molecule has 2 heterocycles. The molecule has 0 aliphatic carbocycles. The third-order valence-electron chi connectivity index (χ3n) is 4.80. The van der Waals surface area contributed by atoms with Crippen molar-refractivity contribution >= 4 is 11.6 Å². The lowest BCUT2D eigenvalue weighted by Crippen LogP contribution is -2.30. The van der Waals surface area contributed by atoms with Crippen molar-refractivity contribution in [2.24, 2.45) is 0 Å². The van der Waals surface area contributed by atoms with Crippen LogP contribution in [-0.2, 0) is 6.67 Å². The Kier molecular flexibility index (Phi) is 4.35. The minimum atomic E-state index is -0.573. The fourth-order valence-corrected chi connectivity index (χ4v) is 3.45. The maximum Gasteiger partial charge on any atom is 0.233 e. The highest BCUT2D eigenvalue weighted by Gasteiger charge is 2.34. The number of allylic oxidation sites excluding steroid dienone is 2. The van der Waals surface area contributed by atoms with Gasteiger partial charge in [-0.05, 0) is 42.3 Å². The molecule has 4 rings (SSSR count). The first-order chi connectivity index (χ1) is 13.7. The summed E-state index contributed by atoms with van der Waals surface area (Å²) in [6.45, 7) is 1.27. The number of aromatic nitrogens is 3. The van der Waals surface area contributed by atoms with E-state index in [0.29, 0.717) is 34.0 Å². The molecule has 3 aromatic rings. The Balaban J connectivity index is 1.89. The molecule has 1 atom stereocenters. The van der Waals surface area contributed by atoms with Gasteiger partial charge in [0, 0.05) is 11.4 Å². The zero-order valence-corrected chi connectivity index (χ0v) is 15.0. The second kappa shape index (κ2) is 6.98. The largest absolute Gasteiger partial charge is 0.282 e. The standard InChI is InChI=1S/C21H15FN6/c1-14-19(12-24)20(17-7-5-15(11-23)6-8-17)28-21(25-13-26-28)27(14)18-4-2-3-16(9-18)10-22/h2-9,13,20H,10H2,1H3/t20-/m1/s1. The maximum absolute atomic E-state index is 13.2. The van der Waals surface area contributed by atoms with Gasteiger partial charge >= 0.3 is 0 Å². The Morgan fingerprint density at radius 2 is 1.89 bits per heavy atom. The number of alkyl halides is 1. The third-order valence-corrected chi connectivity index (χ3v) is 4.80. The van der Waals surface area contributed by atoms with E-state index in [0.717, 1.165) is 5.56 Å². The van der Waals surface area contributed by atoms with Crippen molar-refractivity contribution in [1.82, 2.24) is 14.8 Å². The number of halogens is 1. The van der Waals surface area contributed by atoms with Crippen molar-refractivity contribution < 1.29 is 4.39 Å². The molecule has 0 bridgehead atoms. The van der Waals surface area contributed by atoms with Crippen LogP contribution in [0.25, 0.3) is 0 Å². The molecule has 0 spiro atoms. The highest BCUT2D eigenvalue weighted by atomic mass is 19.1. The Morgan fingerprint density at radius 1 is 1.11 bits per heavy atom. The van der Waals surface area contributed by atoms with Crippen LogP contribution in [0.4, 0.5) is 16.0 Å². The number of nitrogens with zero attached hydrogens (tertiary/aromatic N) is 6. The molecular weight excluding hydrogens is 355 g/mol. The van der Waals surface area contributed by atoms with Crippen molar-refractivity contribution in [1.29, 1.82) is 10.5 Å². The van der Waals surface area contributed by atoms with Crippen molar-refractivity contribution in [2.45, 2.75) is 19.6 Å². The zero-order chi connectivity index (χ0) is 19.7. The van der Waals surface area contributed by atoms with E-state index >= 15 is 0 Å². The topological polar surface area (TPSA) is 81.5 Å². The van der Waals surface area contributed by atoms with E-state index in [1.165, 1.54) is 6.33 Å². The van der Waals surface area contributed by atoms with Gasteiger partial charge in [-0.2, -0.15) is 20.6 Å². The molecule has 2 aromatic carbocycles. The Morgan fingerprint density at radius 3 is 2.57 bits per heavy atom. The lowest BCUT2D eigenvalue weighted by atomic mass is 9.95. The van der Waals surface area contributed by atoms with E-state index in [1.54, 1.807) is 35.0 Å². The van der Waals surface area contributed by atoms with Gasteiger partial charge in [-0.15, -0.1) is 0 Å². The van der Waals surface area contributed by atoms with Gasteiger partial charge in [0.2, 0.25) is 5.95 Å². The summed E-state index contributed by atoms with van der Waals surface area (Å²) >= 11 is 0. The molecule has 0 N–H and O–H groups in total. The predicted octanol–water partition coefficient (Wildman–Crippen LogP) is 4.16. The molecule has 1 aromatic heterocycles. The number of hydrogen-bond acceptors (Lipinski definition) is 5. The summed E-state index contributed by atoms with van der Waals surface area (Å²) in [6.07, 6.45) is 1.44. The van der Waals surface area contributed by atoms with Crippen LogP contribution in [0, 0.1) is 22.7 Å². The molecular formula is C21H15FN6. The molecule has 7 heteroatoms. The molecule has 28 heavy (non-hydrogen) atoms. The highest BCUT2D eigenvalue weighted by molar-refractivity contribution is 5.68. The molecule has 0 radical (unpaired) electrons. The number of rotatable bonds is 3. The van der Waals surface area contributed by atoms with E-state index in [1.807, 2.05) is 30.0 Å². The molecule has 1 aliphatic rings. The molecule has 1 aliphatic heterocycles. The van der Waals surface area contributed by atoms with Crippen LogP contribution < -0.4 is 4.90 Å². The van der Waals surface area contributed by atoms with E-state index in [-0.39, 0.29) is 0 Å². The number of hydrogen-bond donors (Lipinski definition) is 0. The summed E-state index contributed by atoms with van der Waals surface area (Å²) < 4.78 is 14.8. The van der Waals surface area contributed by atoms with Crippen LogP contribution in [0.3, 0.4) is 0 Å². The SMILES string of the molecule is CC1=C(C#N)[C@@H](c2ccc(C#N)cc2)n2ncnc2N1c1cccc(CF)c1. The van der Waals surface area contributed by atoms with Crippen molar-refractivity contribution in [2.75, 3.05) is 4.90 Å². The molecule has 0 fully saturated rings. The third kappa shape index (κ3) is 2.70. The highest BCUT2D eigenvalue weighted by Crippen LogP contribution is 2.41. The second-order valence-corrected chi connectivity index (χ2v) is 6.39. The molecule has 6 nitrogen and oxygen atoms in total.